The van der Waals surface area contributed by atoms with E-state index in [0.29, 0.717) is 39.7 Å². The van der Waals surface area contributed by atoms with Crippen LogP contribution in [0.4, 0.5) is 23.1 Å². The fourth-order valence-corrected chi connectivity index (χ4v) is 9.23. The van der Waals surface area contributed by atoms with E-state index < -0.39 is 29.7 Å². The SMILES string of the molecule is Cc1nnc(-c2cc3cc(Nc4nc(N5CCN(C(C)(C)C6CCN(c7ccc8c(c7)C(=O)N(C7CCC(=O)NC7=O)C8=O)CC6)CC5)ncc4Cl)ccc3n(C)c2=O)o1. The van der Waals surface area contributed by atoms with E-state index in [1.807, 2.05) is 24.3 Å². The second kappa shape index (κ2) is 15.1. The highest BCUT2D eigenvalue weighted by Gasteiger charge is 2.45. The number of imide groups is 2. The van der Waals surface area contributed by atoms with Crippen molar-refractivity contribution in [2.45, 2.75) is 58.0 Å². The summed E-state index contributed by atoms with van der Waals surface area (Å²) in [5.74, 6) is 0.0163. The number of nitrogens with zero attached hydrogens (tertiary/aromatic N) is 9. The molecule has 0 aliphatic carbocycles. The Balaban J connectivity index is 0.821. The lowest BCUT2D eigenvalue weighted by atomic mass is 9.78. The van der Waals surface area contributed by atoms with Crippen LogP contribution in [-0.4, -0.2) is 109 Å². The van der Waals surface area contributed by atoms with Gasteiger partial charge in [0.1, 0.15) is 16.6 Å². The first-order valence-electron chi connectivity index (χ1n) is 20.1. The Labute approximate surface area is 349 Å². The lowest BCUT2D eigenvalue weighted by Crippen LogP contribution is -2.59. The molecule has 9 rings (SSSR count). The molecule has 18 heteroatoms. The van der Waals surface area contributed by atoms with Crippen LogP contribution in [0, 0.1) is 12.8 Å². The molecule has 1 atom stereocenters. The van der Waals surface area contributed by atoms with Crippen LogP contribution in [0.1, 0.15) is 66.1 Å². The zero-order valence-corrected chi connectivity index (χ0v) is 34.5. The van der Waals surface area contributed by atoms with Crippen molar-refractivity contribution >= 4 is 69.3 Å². The fraction of sp³-hybridized carbons (Fsp3) is 0.405. The molecule has 2 N–H and O–H groups in total. The summed E-state index contributed by atoms with van der Waals surface area (Å²) < 4.78 is 7.11. The van der Waals surface area contributed by atoms with E-state index >= 15 is 0 Å². The van der Waals surface area contributed by atoms with Gasteiger partial charge < -0.3 is 24.1 Å². The Morgan fingerprint density at radius 2 is 1.60 bits per heavy atom. The number of benzene rings is 2. The molecule has 4 aliphatic rings. The topological polar surface area (TPSA) is 192 Å². The molecule has 0 bridgehead atoms. The molecule has 2 aromatic carbocycles. The van der Waals surface area contributed by atoms with Crippen LogP contribution in [0.3, 0.4) is 0 Å². The van der Waals surface area contributed by atoms with Crippen LogP contribution in [0.5, 0.6) is 0 Å². The highest BCUT2D eigenvalue weighted by molar-refractivity contribution is 6.33. The number of hydrogen-bond acceptors (Lipinski definition) is 14. The maximum absolute atomic E-state index is 13.4. The predicted octanol–water partition coefficient (Wildman–Crippen LogP) is 4.30. The van der Waals surface area contributed by atoms with Crippen molar-refractivity contribution in [1.29, 1.82) is 0 Å². The van der Waals surface area contributed by atoms with Gasteiger partial charge in [0.05, 0.1) is 22.8 Å². The summed E-state index contributed by atoms with van der Waals surface area (Å²) in [6.07, 6.45) is 3.73. The molecule has 5 aromatic rings. The van der Waals surface area contributed by atoms with Gasteiger partial charge in [0.25, 0.3) is 23.3 Å². The maximum Gasteiger partial charge on any atom is 0.263 e. The third-order valence-corrected chi connectivity index (χ3v) is 12.9. The Morgan fingerprint density at radius 3 is 2.32 bits per heavy atom. The van der Waals surface area contributed by atoms with Gasteiger partial charge >= 0.3 is 0 Å². The van der Waals surface area contributed by atoms with Crippen molar-refractivity contribution in [3.05, 3.63) is 81.1 Å². The van der Waals surface area contributed by atoms with Crippen LogP contribution in [0.2, 0.25) is 5.02 Å². The minimum atomic E-state index is -0.988. The fourth-order valence-electron chi connectivity index (χ4n) is 9.09. The molecule has 17 nitrogen and oxygen atoms in total. The summed E-state index contributed by atoms with van der Waals surface area (Å²) in [4.78, 5) is 81.3. The highest BCUT2D eigenvalue weighted by atomic mass is 35.5. The summed E-state index contributed by atoms with van der Waals surface area (Å²) in [5, 5.41) is 14.7. The van der Waals surface area contributed by atoms with Crippen LogP contribution < -0.4 is 26.0 Å². The summed E-state index contributed by atoms with van der Waals surface area (Å²) >= 11 is 6.61. The number of rotatable bonds is 8. The van der Waals surface area contributed by atoms with Gasteiger partial charge in [-0.2, -0.15) is 4.98 Å². The van der Waals surface area contributed by atoms with E-state index in [2.05, 4.69) is 54.4 Å². The molecule has 0 saturated carbocycles. The first-order chi connectivity index (χ1) is 28.8. The number of anilines is 4. The van der Waals surface area contributed by atoms with Gasteiger partial charge in [-0.05, 0) is 81.5 Å². The average Bonchev–Trinajstić information content (AvgIpc) is 3.79. The molecule has 4 aliphatic heterocycles. The van der Waals surface area contributed by atoms with Crippen LogP contribution >= 0.6 is 11.6 Å². The zero-order chi connectivity index (χ0) is 42.0. The van der Waals surface area contributed by atoms with E-state index in [0.717, 1.165) is 79.3 Å². The van der Waals surface area contributed by atoms with E-state index in [1.54, 1.807) is 42.9 Å². The standard InChI is InChI=1S/C42H44ClN11O6/c1-23-48-49-37(60-23)30-20-24-19-26(5-8-32(24)50(4)38(30)57)45-35-31(43)22-44-41(47-35)52-15-17-53(18-16-52)42(2,3)25-11-13-51(14-12-25)27-6-7-28-29(21-27)40(59)54(39(28)58)33-9-10-34(55)46-36(33)56/h5-8,19-22,25,33H,9-18H2,1-4H3,(H,44,45,47)(H,46,55,56). The van der Waals surface area contributed by atoms with Crippen LogP contribution in [0.25, 0.3) is 22.4 Å². The van der Waals surface area contributed by atoms with Crippen LogP contribution in [-0.2, 0) is 16.6 Å². The monoisotopic (exact) mass is 833 g/mol. The number of piperidine rings is 2. The van der Waals surface area contributed by atoms with Crippen LogP contribution in [0.15, 0.2) is 57.9 Å². The summed E-state index contributed by atoms with van der Waals surface area (Å²) in [5.41, 5.74) is 2.93. The van der Waals surface area contributed by atoms with Crippen molar-refractivity contribution in [2.75, 3.05) is 54.4 Å². The number of halogens is 1. The molecule has 3 saturated heterocycles. The van der Waals surface area contributed by atoms with Crippen molar-refractivity contribution in [3.63, 3.8) is 0 Å². The summed E-state index contributed by atoms with van der Waals surface area (Å²) in [7, 11) is 1.71. The molecule has 310 valence electrons. The Kier molecular flexibility index (Phi) is 9.90. The molecule has 3 fully saturated rings. The number of aryl methyl sites for hydroxylation is 2. The summed E-state index contributed by atoms with van der Waals surface area (Å²) in [6.45, 7) is 11.1. The number of fused-ring (bicyclic) bond motifs is 2. The Bertz CT molecular complexity index is 2640. The lowest BCUT2D eigenvalue weighted by Gasteiger charge is -2.50. The molecule has 60 heavy (non-hydrogen) atoms. The number of aromatic nitrogens is 5. The second-order valence-electron chi connectivity index (χ2n) is 16.4. The maximum atomic E-state index is 13.4. The van der Waals surface area contributed by atoms with Crippen molar-refractivity contribution in [1.82, 2.24) is 39.8 Å². The van der Waals surface area contributed by atoms with Gasteiger partial charge in [0.15, 0.2) is 5.82 Å². The third-order valence-electron chi connectivity index (χ3n) is 12.6. The number of carbonyl (C=O) groups excluding carboxylic acids is 4. The van der Waals surface area contributed by atoms with E-state index in [9.17, 15) is 24.0 Å². The average molecular weight is 834 g/mol. The number of amides is 4. The first-order valence-corrected chi connectivity index (χ1v) is 20.5. The number of hydrogen-bond donors (Lipinski definition) is 2. The van der Waals surface area contributed by atoms with Gasteiger partial charge in [-0.15, -0.1) is 10.2 Å². The van der Waals surface area contributed by atoms with Gasteiger partial charge in [-0.25, -0.2) is 4.98 Å². The van der Waals surface area contributed by atoms with Crippen molar-refractivity contribution in [2.24, 2.45) is 13.0 Å². The number of pyridine rings is 1. The molecule has 0 radical (unpaired) electrons. The van der Waals surface area contributed by atoms with E-state index in [1.165, 1.54) is 0 Å². The third kappa shape index (κ3) is 6.94. The molecular weight excluding hydrogens is 790 g/mol. The predicted molar refractivity (Wildman–Crippen MR) is 223 cm³/mol. The number of nitrogens with one attached hydrogen (secondary N) is 2. The normalized spacial score (nSPS) is 19.4. The van der Waals surface area contributed by atoms with Gasteiger partial charge in [0, 0.05) is 82.0 Å². The molecule has 1 unspecified atom stereocenters. The first kappa shape index (κ1) is 39.3. The van der Waals surface area contributed by atoms with Gasteiger partial charge in [0.2, 0.25) is 23.7 Å². The largest absolute Gasteiger partial charge is 0.421 e. The zero-order valence-electron chi connectivity index (χ0n) is 33.7. The quantitative estimate of drug-likeness (QED) is 0.210. The number of carbonyl (C=O) groups is 4. The molecule has 7 heterocycles. The smallest absolute Gasteiger partial charge is 0.263 e. The molecule has 3 aromatic heterocycles. The lowest BCUT2D eigenvalue weighted by molar-refractivity contribution is -0.136. The van der Waals surface area contributed by atoms with Gasteiger partial charge in [-0.1, -0.05) is 11.6 Å². The van der Waals surface area contributed by atoms with E-state index in [-0.39, 0.29) is 35.4 Å². The number of piperazine rings is 1. The Hall–Kier alpha value is -6.20. The minimum Gasteiger partial charge on any atom is -0.421 e. The molecule has 0 spiro atoms. The molecular formula is C42H44ClN11O6. The van der Waals surface area contributed by atoms with E-state index in [4.69, 9.17) is 21.0 Å². The van der Waals surface area contributed by atoms with Crippen molar-refractivity contribution in [3.8, 4) is 11.5 Å². The summed E-state index contributed by atoms with van der Waals surface area (Å²) in [6, 6.07) is 11.7. The molecule has 4 amide bonds. The second-order valence-corrected chi connectivity index (χ2v) is 16.8. The van der Waals surface area contributed by atoms with Crippen molar-refractivity contribution < 1.29 is 23.6 Å². The van der Waals surface area contributed by atoms with Gasteiger partial charge in [-0.3, -0.25) is 39.1 Å². The highest BCUT2D eigenvalue weighted by Crippen LogP contribution is 2.37. The minimum absolute atomic E-state index is 0.0731. The Morgan fingerprint density at radius 1 is 0.850 bits per heavy atom.